The zero-order valence-electron chi connectivity index (χ0n) is 10.7. The molecule has 0 spiro atoms. The van der Waals surface area contributed by atoms with Crippen LogP contribution in [0.4, 0.5) is 11.4 Å². The fraction of sp³-hybridized carbons (Fsp3) is 0.182. The Kier molecular flexibility index (Phi) is 5.31. The monoisotopic (exact) mass is 296 g/mol. The number of carbonyl (C=O) groups is 3. The normalized spacial score (nSPS) is 9.76. The van der Waals surface area contributed by atoms with Crippen LogP contribution < -0.4 is 16.8 Å². The number of rotatable bonds is 5. The Bertz CT molecular complexity index is 600. The minimum atomic E-state index is -1.24. The van der Waals surface area contributed by atoms with E-state index in [2.05, 4.69) is 10.1 Å². The molecule has 1 aromatic rings. The molecule has 0 saturated carbocycles. The van der Waals surface area contributed by atoms with Crippen LogP contribution in [0.15, 0.2) is 18.2 Å². The molecule has 0 radical (unpaired) electrons. The standard InChI is InChI=1S/C11H12N4O6/c12-4-9(16)14-5-10(17)21-11(18)7-3-6(13)1-2-8(7)15(19)20/h1-3H,4-5,12-13H2,(H,14,16). The Morgan fingerprint density at radius 1 is 1.33 bits per heavy atom. The number of nitrogen functional groups attached to an aromatic ring is 1. The number of carbonyl (C=O) groups excluding carboxylic acids is 3. The van der Waals surface area contributed by atoms with Gasteiger partial charge in [0, 0.05) is 11.8 Å². The van der Waals surface area contributed by atoms with Gasteiger partial charge in [0.1, 0.15) is 12.1 Å². The first-order chi connectivity index (χ1) is 9.85. The summed E-state index contributed by atoms with van der Waals surface area (Å²) >= 11 is 0. The van der Waals surface area contributed by atoms with Crippen molar-refractivity contribution in [2.24, 2.45) is 5.73 Å². The molecule has 0 aliphatic rings. The van der Waals surface area contributed by atoms with Crippen molar-refractivity contribution >= 4 is 29.2 Å². The Labute approximate surface area is 118 Å². The SMILES string of the molecule is NCC(=O)NCC(=O)OC(=O)c1cc(N)ccc1[N+](=O)[O-]. The fourth-order valence-corrected chi connectivity index (χ4v) is 1.31. The van der Waals surface area contributed by atoms with Crippen molar-refractivity contribution < 1.29 is 24.0 Å². The second kappa shape index (κ2) is 6.96. The molecule has 0 aliphatic heterocycles. The molecular formula is C11H12N4O6. The summed E-state index contributed by atoms with van der Waals surface area (Å²) in [4.78, 5) is 43.8. The summed E-state index contributed by atoms with van der Waals surface area (Å²) < 4.78 is 4.38. The van der Waals surface area contributed by atoms with Gasteiger partial charge in [0.2, 0.25) is 5.91 Å². The lowest BCUT2D eigenvalue weighted by Gasteiger charge is -2.05. The van der Waals surface area contributed by atoms with E-state index in [1.165, 1.54) is 6.07 Å². The van der Waals surface area contributed by atoms with Gasteiger partial charge in [0.25, 0.3) is 5.69 Å². The van der Waals surface area contributed by atoms with E-state index in [4.69, 9.17) is 11.5 Å². The van der Waals surface area contributed by atoms with Crippen molar-refractivity contribution in [3.63, 3.8) is 0 Å². The van der Waals surface area contributed by atoms with Gasteiger partial charge < -0.3 is 21.5 Å². The number of hydrogen-bond donors (Lipinski definition) is 3. The fourth-order valence-electron chi connectivity index (χ4n) is 1.31. The smallest absolute Gasteiger partial charge is 0.352 e. The molecule has 0 saturated heterocycles. The van der Waals surface area contributed by atoms with Crippen molar-refractivity contribution in [3.8, 4) is 0 Å². The highest BCUT2D eigenvalue weighted by Crippen LogP contribution is 2.22. The number of benzene rings is 1. The molecule has 21 heavy (non-hydrogen) atoms. The topological polar surface area (TPSA) is 168 Å². The number of amides is 1. The van der Waals surface area contributed by atoms with Gasteiger partial charge in [-0.05, 0) is 12.1 Å². The van der Waals surface area contributed by atoms with Gasteiger partial charge in [-0.1, -0.05) is 0 Å². The van der Waals surface area contributed by atoms with Gasteiger partial charge >= 0.3 is 11.9 Å². The Morgan fingerprint density at radius 2 is 2.00 bits per heavy atom. The van der Waals surface area contributed by atoms with E-state index >= 15 is 0 Å². The molecule has 0 fully saturated rings. The van der Waals surface area contributed by atoms with E-state index in [0.717, 1.165) is 12.1 Å². The molecule has 0 aliphatic carbocycles. The minimum absolute atomic E-state index is 0.0939. The average Bonchev–Trinajstić information content (AvgIpc) is 2.44. The first-order valence-electron chi connectivity index (χ1n) is 5.60. The lowest BCUT2D eigenvalue weighted by atomic mass is 10.1. The number of ether oxygens (including phenoxy) is 1. The molecule has 1 aromatic carbocycles. The molecule has 0 atom stereocenters. The third kappa shape index (κ3) is 4.54. The third-order valence-electron chi connectivity index (χ3n) is 2.26. The molecule has 10 nitrogen and oxygen atoms in total. The maximum Gasteiger partial charge on any atom is 0.352 e. The lowest BCUT2D eigenvalue weighted by Crippen LogP contribution is -2.35. The number of nitrogens with two attached hydrogens (primary N) is 2. The van der Waals surface area contributed by atoms with Crippen molar-refractivity contribution in [2.75, 3.05) is 18.8 Å². The van der Waals surface area contributed by atoms with Gasteiger partial charge in [-0.25, -0.2) is 9.59 Å². The molecule has 1 amide bonds. The molecule has 1 rings (SSSR count). The number of anilines is 1. The van der Waals surface area contributed by atoms with Crippen LogP contribution in [-0.4, -0.2) is 35.9 Å². The van der Waals surface area contributed by atoms with Crippen LogP contribution in [0.5, 0.6) is 0 Å². The molecule has 5 N–H and O–H groups in total. The van der Waals surface area contributed by atoms with Crippen LogP contribution in [0.1, 0.15) is 10.4 Å². The first-order valence-corrected chi connectivity index (χ1v) is 5.60. The number of nitro benzene ring substituents is 1. The molecular weight excluding hydrogens is 284 g/mol. The number of nitrogens with one attached hydrogen (secondary N) is 1. The van der Waals surface area contributed by atoms with Gasteiger partial charge in [-0.2, -0.15) is 0 Å². The van der Waals surface area contributed by atoms with E-state index in [1.54, 1.807) is 0 Å². The summed E-state index contributed by atoms with van der Waals surface area (Å²) in [7, 11) is 0. The largest absolute Gasteiger partial charge is 0.399 e. The summed E-state index contributed by atoms with van der Waals surface area (Å²) in [6.45, 7) is -0.917. The van der Waals surface area contributed by atoms with Crippen LogP contribution in [0.25, 0.3) is 0 Å². The van der Waals surface area contributed by atoms with Crippen LogP contribution in [0, 0.1) is 10.1 Å². The quantitative estimate of drug-likeness (QED) is 0.203. The Morgan fingerprint density at radius 3 is 2.57 bits per heavy atom. The van der Waals surface area contributed by atoms with Crippen LogP contribution in [0.2, 0.25) is 0 Å². The predicted molar refractivity (Wildman–Crippen MR) is 70.0 cm³/mol. The third-order valence-corrected chi connectivity index (χ3v) is 2.26. The Hall–Kier alpha value is -3.01. The number of esters is 2. The summed E-state index contributed by atoms with van der Waals surface area (Å²) in [5.41, 5.74) is 9.51. The molecule has 10 heteroatoms. The summed E-state index contributed by atoms with van der Waals surface area (Å²) in [5.74, 6) is -2.94. The molecule has 0 bridgehead atoms. The average molecular weight is 296 g/mol. The summed E-state index contributed by atoms with van der Waals surface area (Å²) in [6, 6.07) is 3.27. The molecule has 0 unspecified atom stereocenters. The van der Waals surface area contributed by atoms with E-state index < -0.39 is 40.6 Å². The number of nitro groups is 1. The highest BCUT2D eigenvalue weighted by molar-refractivity contribution is 6.01. The van der Waals surface area contributed by atoms with E-state index in [0.29, 0.717) is 0 Å². The van der Waals surface area contributed by atoms with Gasteiger partial charge in [-0.3, -0.25) is 14.9 Å². The van der Waals surface area contributed by atoms with Crippen molar-refractivity contribution in [1.82, 2.24) is 5.32 Å². The highest BCUT2D eigenvalue weighted by atomic mass is 16.6. The second-order valence-electron chi connectivity index (χ2n) is 3.78. The minimum Gasteiger partial charge on any atom is -0.399 e. The van der Waals surface area contributed by atoms with Crippen molar-refractivity contribution in [2.45, 2.75) is 0 Å². The van der Waals surface area contributed by atoms with Crippen LogP contribution in [-0.2, 0) is 14.3 Å². The van der Waals surface area contributed by atoms with Crippen LogP contribution in [0.3, 0.4) is 0 Å². The maximum absolute atomic E-state index is 11.7. The zero-order chi connectivity index (χ0) is 16.0. The van der Waals surface area contributed by atoms with E-state index in [1.807, 2.05) is 0 Å². The van der Waals surface area contributed by atoms with Crippen molar-refractivity contribution in [3.05, 3.63) is 33.9 Å². The highest BCUT2D eigenvalue weighted by Gasteiger charge is 2.23. The number of hydrogen-bond acceptors (Lipinski definition) is 8. The zero-order valence-corrected chi connectivity index (χ0v) is 10.7. The van der Waals surface area contributed by atoms with E-state index in [-0.39, 0.29) is 12.2 Å². The predicted octanol–water partition coefficient (Wildman–Crippen LogP) is -1.06. The van der Waals surface area contributed by atoms with Crippen LogP contribution >= 0.6 is 0 Å². The summed E-state index contributed by atoms with van der Waals surface area (Å²) in [5, 5.41) is 12.9. The lowest BCUT2D eigenvalue weighted by molar-refractivity contribution is -0.385. The second-order valence-corrected chi connectivity index (χ2v) is 3.78. The van der Waals surface area contributed by atoms with Gasteiger partial charge in [-0.15, -0.1) is 0 Å². The maximum atomic E-state index is 11.7. The molecule has 112 valence electrons. The Balaban J connectivity index is 2.80. The van der Waals surface area contributed by atoms with E-state index in [9.17, 15) is 24.5 Å². The first kappa shape index (κ1) is 16.0. The summed E-state index contributed by atoms with van der Waals surface area (Å²) in [6.07, 6.45) is 0. The van der Waals surface area contributed by atoms with Gasteiger partial charge in [0.05, 0.1) is 11.5 Å². The molecule has 0 aromatic heterocycles. The van der Waals surface area contributed by atoms with Gasteiger partial charge in [0.15, 0.2) is 0 Å². The number of nitrogens with zero attached hydrogens (tertiary/aromatic N) is 1. The van der Waals surface area contributed by atoms with Crippen molar-refractivity contribution in [1.29, 1.82) is 0 Å². The molecule has 0 heterocycles.